The summed E-state index contributed by atoms with van der Waals surface area (Å²) < 4.78 is 6.26. The molecule has 22 heavy (non-hydrogen) atoms. The largest absolute Gasteiger partial charge is 0.508 e. The van der Waals surface area contributed by atoms with Gasteiger partial charge < -0.3 is 14.7 Å². The molecule has 1 fully saturated rings. The maximum absolute atomic E-state index is 9.77. The van der Waals surface area contributed by atoms with E-state index < -0.39 is 0 Å². The molecule has 1 saturated heterocycles. The average molecular weight is 296 g/mol. The van der Waals surface area contributed by atoms with Crippen molar-refractivity contribution < 1.29 is 9.84 Å². The van der Waals surface area contributed by atoms with Gasteiger partial charge in [-0.1, -0.05) is 24.3 Å². The predicted octanol–water partition coefficient (Wildman–Crippen LogP) is 2.70. The molecule has 2 aromatic rings. The van der Waals surface area contributed by atoms with Crippen LogP contribution in [0.3, 0.4) is 0 Å². The van der Waals surface area contributed by atoms with Gasteiger partial charge in [0, 0.05) is 43.4 Å². The first kappa shape index (κ1) is 13.6. The Morgan fingerprint density at radius 2 is 1.77 bits per heavy atom. The summed E-state index contributed by atoms with van der Waals surface area (Å²) in [5, 5.41) is 9.77. The number of likely N-dealkylation sites (N-methyl/N-ethyl adjacent to an activating group) is 1. The second-order valence-electron chi connectivity index (χ2n) is 6.08. The Morgan fingerprint density at radius 1 is 1.00 bits per heavy atom. The molecule has 0 saturated carbocycles. The highest BCUT2D eigenvalue weighted by Crippen LogP contribution is 2.44. The number of phenolic OH excluding ortho intramolecular Hbond substituents is 1. The van der Waals surface area contributed by atoms with Crippen molar-refractivity contribution in [3.8, 4) is 22.6 Å². The van der Waals surface area contributed by atoms with E-state index in [4.69, 9.17) is 4.74 Å². The lowest BCUT2D eigenvalue weighted by molar-refractivity contribution is -0.00665. The Kier molecular flexibility index (Phi) is 3.28. The molecular formula is C18H20N2O2. The monoisotopic (exact) mass is 296 g/mol. The minimum atomic E-state index is -0.0702. The fraction of sp³-hybridized carbons (Fsp3) is 0.333. The Hall–Kier alpha value is -2.04. The highest BCUT2D eigenvalue weighted by molar-refractivity contribution is 5.76. The molecule has 114 valence electrons. The fourth-order valence-corrected chi connectivity index (χ4v) is 3.30. The normalized spacial score (nSPS) is 21.8. The molecule has 1 unspecified atom stereocenters. The van der Waals surface area contributed by atoms with Gasteiger partial charge in [0.05, 0.1) is 0 Å². The third-order valence-corrected chi connectivity index (χ3v) is 4.59. The molecule has 0 aromatic heterocycles. The molecular weight excluding hydrogens is 276 g/mol. The second-order valence-corrected chi connectivity index (χ2v) is 6.08. The number of phenols is 1. The van der Waals surface area contributed by atoms with Crippen LogP contribution in [0.4, 0.5) is 0 Å². The lowest BCUT2D eigenvalue weighted by atomic mass is 9.94. The lowest BCUT2D eigenvalue weighted by Crippen LogP contribution is -2.47. The van der Waals surface area contributed by atoms with Crippen molar-refractivity contribution in [2.45, 2.75) is 6.23 Å². The summed E-state index contributed by atoms with van der Waals surface area (Å²) in [6.45, 7) is 4.08. The number of fused-ring (bicyclic) bond motifs is 3. The number of nitrogens with zero attached hydrogens (tertiary/aromatic N) is 2. The Labute approximate surface area is 130 Å². The first-order chi connectivity index (χ1) is 10.7. The van der Waals surface area contributed by atoms with Crippen molar-refractivity contribution in [3.05, 3.63) is 48.0 Å². The summed E-state index contributed by atoms with van der Waals surface area (Å²) in [6, 6.07) is 13.8. The van der Waals surface area contributed by atoms with Gasteiger partial charge in [0.1, 0.15) is 11.5 Å². The molecule has 1 atom stereocenters. The van der Waals surface area contributed by atoms with E-state index in [2.05, 4.69) is 41.1 Å². The molecule has 4 nitrogen and oxygen atoms in total. The van der Waals surface area contributed by atoms with Crippen LogP contribution in [0, 0.1) is 0 Å². The third kappa shape index (κ3) is 2.25. The zero-order valence-corrected chi connectivity index (χ0v) is 12.7. The Balaban J connectivity index is 1.76. The minimum absolute atomic E-state index is 0.0702. The molecule has 4 heteroatoms. The topological polar surface area (TPSA) is 35.9 Å². The van der Waals surface area contributed by atoms with Crippen LogP contribution < -0.4 is 4.74 Å². The number of hydrogen-bond acceptors (Lipinski definition) is 4. The van der Waals surface area contributed by atoms with Crippen LogP contribution in [0.2, 0.25) is 0 Å². The summed E-state index contributed by atoms with van der Waals surface area (Å²) >= 11 is 0. The summed E-state index contributed by atoms with van der Waals surface area (Å²) in [4.78, 5) is 4.72. The highest BCUT2D eigenvalue weighted by Gasteiger charge is 2.31. The van der Waals surface area contributed by atoms with Crippen LogP contribution in [0.1, 0.15) is 11.8 Å². The van der Waals surface area contributed by atoms with Gasteiger partial charge in [0.25, 0.3) is 0 Å². The second kappa shape index (κ2) is 5.30. The first-order valence-electron chi connectivity index (χ1n) is 7.74. The van der Waals surface area contributed by atoms with Gasteiger partial charge in [0.2, 0.25) is 0 Å². The van der Waals surface area contributed by atoms with Crippen LogP contribution in [-0.4, -0.2) is 48.1 Å². The van der Waals surface area contributed by atoms with E-state index in [1.165, 1.54) is 11.1 Å². The molecule has 0 amide bonds. The van der Waals surface area contributed by atoms with Crippen molar-refractivity contribution in [3.63, 3.8) is 0 Å². The van der Waals surface area contributed by atoms with Crippen molar-refractivity contribution >= 4 is 0 Å². The van der Waals surface area contributed by atoms with Crippen molar-refractivity contribution in [2.75, 3.05) is 33.2 Å². The van der Waals surface area contributed by atoms with Crippen molar-refractivity contribution in [1.82, 2.24) is 9.80 Å². The van der Waals surface area contributed by atoms with Crippen LogP contribution >= 0.6 is 0 Å². The zero-order valence-electron chi connectivity index (χ0n) is 12.7. The summed E-state index contributed by atoms with van der Waals surface area (Å²) in [7, 11) is 2.15. The fourth-order valence-electron chi connectivity index (χ4n) is 3.30. The van der Waals surface area contributed by atoms with Gasteiger partial charge in [-0.2, -0.15) is 0 Å². The molecule has 4 rings (SSSR count). The third-order valence-electron chi connectivity index (χ3n) is 4.59. The Bertz CT molecular complexity index is 693. The van der Waals surface area contributed by atoms with E-state index in [1.54, 1.807) is 12.1 Å². The van der Waals surface area contributed by atoms with Crippen LogP contribution in [0.5, 0.6) is 11.5 Å². The summed E-state index contributed by atoms with van der Waals surface area (Å²) in [6.07, 6.45) is -0.0702. The van der Waals surface area contributed by atoms with Gasteiger partial charge in [0.15, 0.2) is 6.23 Å². The van der Waals surface area contributed by atoms with Gasteiger partial charge in [-0.3, -0.25) is 4.90 Å². The quantitative estimate of drug-likeness (QED) is 0.878. The van der Waals surface area contributed by atoms with Crippen molar-refractivity contribution in [1.29, 1.82) is 0 Å². The molecule has 2 heterocycles. The van der Waals surface area contributed by atoms with Crippen LogP contribution in [0.25, 0.3) is 11.1 Å². The van der Waals surface area contributed by atoms with E-state index in [1.807, 2.05) is 6.07 Å². The van der Waals surface area contributed by atoms with E-state index in [-0.39, 0.29) is 12.0 Å². The summed E-state index contributed by atoms with van der Waals surface area (Å²) in [5.41, 5.74) is 3.47. The molecule has 0 spiro atoms. The van der Waals surface area contributed by atoms with E-state index >= 15 is 0 Å². The van der Waals surface area contributed by atoms with Gasteiger partial charge in [-0.05, 0) is 24.7 Å². The molecule has 1 N–H and O–H groups in total. The zero-order chi connectivity index (χ0) is 15.1. The van der Waals surface area contributed by atoms with Gasteiger partial charge >= 0.3 is 0 Å². The van der Waals surface area contributed by atoms with Crippen LogP contribution in [-0.2, 0) is 0 Å². The first-order valence-corrected chi connectivity index (χ1v) is 7.74. The lowest BCUT2D eigenvalue weighted by Gasteiger charge is -2.40. The van der Waals surface area contributed by atoms with Crippen LogP contribution in [0.15, 0.2) is 42.5 Å². The Morgan fingerprint density at radius 3 is 2.59 bits per heavy atom. The molecule has 2 aliphatic rings. The van der Waals surface area contributed by atoms with Gasteiger partial charge in [-0.15, -0.1) is 0 Å². The molecule has 0 aliphatic carbocycles. The molecule has 0 radical (unpaired) electrons. The maximum Gasteiger partial charge on any atom is 0.179 e. The number of rotatable bonds is 1. The van der Waals surface area contributed by atoms with E-state index in [0.29, 0.717) is 0 Å². The number of hydrogen-bond donors (Lipinski definition) is 1. The van der Waals surface area contributed by atoms with Gasteiger partial charge in [-0.25, -0.2) is 0 Å². The standard InChI is InChI=1S/C18H20N2O2/c1-19-8-10-20(11-9-19)18-16-5-3-2-4-14(16)15-7-6-13(21)12-17(15)22-18/h2-7,12,18,21H,8-11H2,1H3. The molecule has 2 aromatic carbocycles. The SMILES string of the molecule is CN1CCN(C2Oc3cc(O)ccc3-c3ccccc32)CC1. The smallest absolute Gasteiger partial charge is 0.179 e. The molecule has 0 bridgehead atoms. The number of ether oxygens (including phenoxy) is 1. The summed E-state index contributed by atoms with van der Waals surface area (Å²) in [5.74, 6) is 1.01. The van der Waals surface area contributed by atoms with Crippen molar-refractivity contribution in [2.24, 2.45) is 0 Å². The average Bonchev–Trinajstić information content (AvgIpc) is 2.54. The molecule has 2 aliphatic heterocycles. The predicted molar refractivity (Wildman–Crippen MR) is 86.0 cm³/mol. The number of benzene rings is 2. The van der Waals surface area contributed by atoms with E-state index in [9.17, 15) is 5.11 Å². The number of piperazine rings is 1. The highest BCUT2D eigenvalue weighted by atomic mass is 16.5. The number of aromatic hydroxyl groups is 1. The minimum Gasteiger partial charge on any atom is -0.508 e. The maximum atomic E-state index is 9.77. The van der Waals surface area contributed by atoms with E-state index in [0.717, 1.165) is 37.5 Å².